The molecule has 1 aromatic carbocycles. The van der Waals surface area contributed by atoms with E-state index in [1.54, 1.807) is 19.1 Å². The van der Waals surface area contributed by atoms with Crippen molar-refractivity contribution in [2.45, 2.75) is 6.92 Å². The van der Waals surface area contributed by atoms with Crippen LogP contribution in [0.15, 0.2) is 24.3 Å². The third-order valence-corrected chi connectivity index (χ3v) is 2.24. The van der Waals surface area contributed by atoms with E-state index < -0.39 is 0 Å². The van der Waals surface area contributed by atoms with Gasteiger partial charge in [0.15, 0.2) is 5.82 Å². The Bertz CT molecular complexity index is 487. The number of anilines is 1. The van der Waals surface area contributed by atoms with Gasteiger partial charge in [0.25, 0.3) is 0 Å². The van der Waals surface area contributed by atoms with Gasteiger partial charge in [0.2, 0.25) is 0 Å². The Labute approximate surface area is 86.3 Å². The molecular formula is C10H11FN4. The summed E-state index contributed by atoms with van der Waals surface area (Å²) in [4.78, 5) is 4.20. The van der Waals surface area contributed by atoms with Gasteiger partial charge < -0.3 is 11.6 Å². The summed E-state index contributed by atoms with van der Waals surface area (Å²) in [5, 5.41) is 0. The Hall–Kier alpha value is -2.04. The minimum Gasteiger partial charge on any atom is -0.382 e. The predicted octanol–water partition coefficient (Wildman–Crippen LogP) is 1.29. The van der Waals surface area contributed by atoms with Gasteiger partial charge in [-0.15, -0.1) is 0 Å². The first kappa shape index (κ1) is 9.51. The van der Waals surface area contributed by atoms with Crippen LogP contribution in [0, 0.1) is 12.7 Å². The predicted molar refractivity (Wildman–Crippen MR) is 56.9 cm³/mol. The summed E-state index contributed by atoms with van der Waals surface area (Å²) in [5.41, 5.74) is 7.09. The average molecular weight is 206 g/mol. The highest BCUT2D eigenvalue weighted by molar-refractivity contribution is 5.70. The summed E-state index contributed by atoms with van der Waals surface area (Å²) in [5.74, 6) is 6.33. The molecule has 0 fully saturated rings. The topological polar surface area (TPSA) is 69.9 Å². The summed E-state index contributed by atoms with van der Waals surface area (Å²) in [7, 11) is 0. The number of hydrogen-bond acceptors (Lipinski definition) is 3. The van der Waals surface area contributed by atoms with E-state index in [0.29, 0.717) is 17.3 Å². The van der Waals surface area contributed by atoms with Crippen LogP contribution in [0.5, 0.6) is 0 Å². The van der Waals surface area contributed by atoms with Crippen LogP contribution >= 0.6 is 0 Å². The number of halogens is 1. The minimum absolute atomic E-state index is 0.291. The highest BCUT2D eigenvalue weighted by Crippen LogP contribution is 2.24. The van der Waals surface area contributed by atoms with Crippen LogP contribution in [0.1, 0.15) is 5.82 Å². The van der Waals surface area contributed by atoms with Crippen LogP contribution < -0.4 is 11.6 Å². The lowest BCUT2D eigenvalue weighted by Gasteiger charge is -1.99. The number of aromatic nitrogens is 2. The van der Waals surface area contributed by atoms with E-state index >= 15 is 0 Å². The van der Waals surface area contributed by atoms with Crippen molar-refractivity contribution in [3.05, 3.63) is 35.9 Å². The van der Waals surface area contributed by atoms with Gasteiger partial charge in [0.05, 0.1) is 0 Å². The Balaban J connectivity index is 2.54. The fourth-order valence-electron chi connectivity index (χ4n) is 1.38. The van der Waals surface area contributed by atoms with E-state index in [1.807, 2.05) is 0 Å². The van der Waals surface area contributed by atoms with Crippen molar-refractivity contribution in [3.8, 4) is 11.3 Å². The average Bonchev–Trinajstić information content (AvgIpc) is 2.47. The Morgan fingerprint density at radius 2 is 1.87 bits per heavy atom. The molecule has 78 valence electrons. The molecule has 0 spiro atoms. The van der Waals surface area contributed by atoms with E-state index in [9.17, 15) is 4.39 Å². The molecule has 0 amide bonds. The van der Waals surface area contributed by atoms with Gasteiger partial charge in [-0.2, -0.15) is 0 Å². The van der Waals surface area contributed by atoms with Crippen LogP contribution in [0.25, 0.3) is 11.3 Å². The van der Waals surface area contributed by atoms with Gasteiger partial charge >= 0.3 is 0 Å². The normalized spacial score (nSPS) is 10.5. The van der Waals surface area contributed by atoms with E-state index in [4.69, 9.17) is 11.6 Å². The molecule has 0 saturated carbocycles. The SMILES string of the molecule is Cc1nc(-c2ccc(F)cc2)c(N)n1N. The summed E-state index contributed by atoms with van der Waals surface area (Å²) in [6, 6.07) is 5.96. The van der Waals surface area contributed by atoms with Gasteiger partial charge in [-0.05, 0) is 31.2 Å². The second-order valence-corrected chi connectivity index (χ2v) is 3.27. The zero-order chi connectivity index (χ0) is 11.0. The maximum atomic E-state index is 12.7. The molecule has 0 aliphatic rings. The second kappa shape index (κ2) is 3.27. The Kier molecular flexibility index (Phi) is 2.07. The first-order valence-electron chi connectivity index (χ1n) is 4.45. The summed E-state index contributed by atoms with van der Waals surface area (Å²) < 4.78 is 14.0. The molecule has 2 aromatic rings. The van der Waals surface area contributed by atoms with E-state index in [-0.39, 0.29) is 5.82 Å². The molecule has 0 radical (unpaired) electrons. The molecule has 4 N–H and O–H groups in total. The van der Waals surface area contributed by atoms with Crippen LogP contribution in [0.3, 0.4) is 0 Å². The first-order valence-corrected chi connectivity index (χ1v) is 4.45. The Morgan fingerprint density at radius 3 is 2.33 bits per heavy atom. The lowest BCUT2D eigenvalue weighted by atomic mass is 10.1. The van der Waals surface area contributed by atoms with Crippen LogP contribution in [-0.4, -0.2) is 9.66 Å². The zero-order valence-electron chi connectivity index (χ0n) is 8.24. The number of benzene rings is 1. The number of aryl methyl sites for hydroxylation is 1. The number of imidazole rings is 1. The van der Waals surface area contributed by atoms with Gasteiger partial charge in [0, 0.05) is 5.56 Å². The summed E-state index contributed by atoms with van der Waals surface area (Å²) in [6.07, 6.45) is 0. The van der Waals surface area contributed by atoms with Gasteiger partial charge in [-0.1, -0.05) is 0 Å². The van der Waals surface area contributed by atoms with Crippen molar-refractivity contribution in [1.82, 2.24) is 9.66 Å². The van der Waals surface area contributed by atoms with Crippen molar-refractivity contribution in [3.63, 3.8) is 0 Å². The molecule has 5 heteroatoms. The highest BCUT2D eigenvalue weighted by Gasteiger charge is 2.11. The third kappa shape index (κ3) is 1.52. The van der Waals surface area contributed by atoms with Gasteiger partial charge in [0.1, 0.15) is 17.3 Å². The van der Waals surface area contributed by atoms with Crippen molar-refractivity contribution in [1.29, 1.82) is 0 Å². The number of nitrogens with two attached hydrogens (primary N) is 2. The standard InChI is InChI=1S/C10H11FN4/c1-6-14-9(10(12)15(6)13)7-2-4-8(11)5-3-7/h2-5H,12-13H2,1H3. The molecule has 0 saturated heterocycles. The second-order valence-electron chi connectivity index (χ2n) is 3.27. The molecule has 1 heterocycles. The first-order chi connectivity index (χ1) is 7.09. The maximum Gasteiger partial charge on any atom is 0.150 e. The van der Waals surface area contributed by atoms with Crippen molar-refractivity contribution < 1.29 is 4.39 Å². The fourth-order valence-corrected chi connectivity index (χ4v) is 1.38. The molecule has 2 rings (SSSR count). The molecule has 0 atom stereocenters. The monoisotopic (exact) mass is 206 g/mol. The number of rotatable bonds is 1. The quantitative estimate of drug-likeness (QED) is 0.691. The smallest absolute Gasteiger partial charge is 0.150 e. The molecule has 4 nitrogen and oxygen atoms in total. The van der Waals surface area contributed by atoms with E-state index in [1.165, 1.54) is 16.8 Å². The van der Waals surface area contributed by atoms with Crippen molar-refractivity contribution in [2.75, 3.05) is 11.6 Å². The molecule has 0 aliphatic heterocycles. The molecule has 0 bridgehead atoms. The van der Waals surface area contributed by atoms with E-state index in [2.05, 4.69) is 4.98 Å². The largest absolute Gasteiger partial charge is 0.382 e. The summed E-state index contributed by atoms with van der Waals surface area (Å²) in [6.45, 7) is 1.75. The zero-order valence-corrected chi connectivity index (χ0v) is 8.24. The molecule has 0 aliphatic carbocycles. The maximum absolute atomic E-state index is 12.7. The van der Waals surface area contributed by atoms with Crippen molar-refractivity contribution >= 4 is 5.82 Å². The molecule has 1 aromatic heterocycles. The number of nitrogen functional groups attached to an aromatic ring is 2. The van der Waals surface area contributed by atoms with Gasteiger partial charge in [-0.3, -0.25) is 0 Å². The molecular weight excluding hydrogens is 195 g/mol. The highest BCUT2D eigenvalue weighted by atomic mass is 19.1. The number of hydrogen-bond donors (Lipinski definition) is 2. The number of nitrogens with zero attached hydrogens (tertiary/aromatic N) is 2. The summed E-state index contributed by atoms with van der Waals surface area (Å²) >= 11 is 0. The van der Waals surface area contributed by atoms with Crippen LogP contribution in [0.4, 0.5) is 10.2 Å². The molecule has 15 heavy (non-hydrogen) atoms. The lowest BCUT2D eigenvalue weighted by Crippen LogP contribution is -2.13. The van der Waals surface area contributed by atoms with E-state index in [0.717, 1.165) is 5.56 Å². The van der Waals surface area contributed by atoms with Crippen molar-refractivity contribution in [2.24, 2.45) is 0 Å². The van der Waals surface area contributed by atoms with Crippen LogP contribution in [-0.2, 0) is 0 Å². The van der Waals surface area contributed by atoms with Gasteiger partial charge in [-0.25, -0.2) is 14.1 Å². The lowest BCUT2D eigenvalue weighted by molar-refractivity contribution is 0.628. The third-order valence-electron chi connectivity index (χ3n) is 2.24. The Morgan fingerprint density at radius 1 is 1.27 bits per heavy atom. The fraction of sp³-hybridized carbons (Fsp3) is 0.100. The minimum atomic E-state index is -0.291. The molecule has 0 unspecified atom stereocenters. The van der Waals surface area contributed by atoms with Crippen LogP contribution in [0.2, 0.25) is 0 Å².